The lowest BCUT2D eigenvalue weighted by Crippen LogP contribution is -2.30. The number of benzene rings is 2. The quantitative estimate of drug-likeness (QED) is 0.746. The van der Waals surface area contributed by atoms with E-state index in [2.05, 4.69) is 11.1 Å². The second kappa shape index (κ2) is 6.58. The monoisotopic (exact) mass is 362 g/mol. The van der Waals surface area contributed by atoms with Gasteiger partial charge in [-0.25, -0.2) is 0 Å². The Morgan fingerprint density at radius 2 is 1.81 bits per heavy atom. The molecular formula is C22H22N2O3. The first kappa shape index (κ1) is 17.3. The van der Waals surface area contributed by atoms with Gasteiger partial charge in [0.1, 0.15) is 5.69 Å². The summed E-state index contributed by atoms with van der Waals surface area (Å²) in [4.78, 5) is 29.7. The number of amides is 1. The number of fused-ring (bicyclic) bond motifs is 1. The highest BCUT2D eigenvalue weighted by Crippen LogP contribution is 2.34. The predicted octanol–water partition coefficient (Wildman–Crippen LogP) is 3.73. The maximum absolute atomic E-state index is 13.1. The Balaban J connectivity index is 1.64. The highest BCUT2D eigenvalue weighted by atomic mass is 16.4. The van der Waals surface area contributed by atoms with Gasteiger partial charge in [0, 0.05) is 29.9 Å². The van der Waals surface area contributed by atoms with Crippen molar-refractivity contribution in [3.05, 3.63) is 70.9 Å². The van der Waals surface area contributed by atoms with Crippen LogP contribution in [0, 0.1) is 19.8 Å². The number of hydrogen-bond acceptors (Lipinski definition) is 2. The molecule has 1 fully saturated rings. The molecule has 5 heteroatoms. The van der Waals surface area contributed by atoms with Crippen molar-refractivity contribution in [2.24, 2.45) is 5.92 Å². The summed E-state index contributed by atoms with van der Waals surface area (Å²) in [5.41, 5.74) is 4.66. The Labute approximate surface area is 157 Å². The van der Waals surface area contributed by atoms with Crippen LogP contribution in [0.15, 0.2) is 48.5 Å². The molecule has 2 heterocycles. The lowest BCUT2D eigenvalue weighted by atomic mass is 9.89. The molecule has 4 rings (SSSR count). The van der Waals surface area contributed by atoms with Crippen LogP contribution in [0.1, 0.15) is 33.1 Å². The van der Waals surface area contributed by atoms with Crippen LogP contribution in [-0.2, 0) is 4.79 Å². The van der Waals surface area contributed by atoms with E-state index in [4.69, 9.17) is 0 Å². The second-order valence-electron chi connectivity index (χ2n) is 7.40. The van der Waals surface area contributed by atoms with Crippen LogP contribution in [0.4, 0.5) is 0 Å². The minimum Gasteiger partial charge on any atom is -0.481 e. The minimum absolute atomic E-state index is 0.145. The summed E-state index contributed by atoms with van der Waals surface area (Å²) in [6, 6.07) is 15.6. The highest BCUT2D eigenvalue weighted by molar-refractivity contribution is 5.99. The molecule has 0 aliphatic carbocycles. The van der Waals surface area contributed by atoms with Crippen molar-refractivity contribution < 1.29 is 14.7 Å². The summed E-state index contributed by atoms with van der Waals surface area (Å²) >= 11 is 0. The lowest BCUT2D eigenvalue weighted by molar-refractivity contribution is -0.141. The second-order valence-corrected chi connectivity index (χ2v) is 7.40. The number of carboxylic acids is 1. The fourth-order valence-corrected chi connectivity index (χ4v) is 4.14. The Morgan fingerprint density at radius 3 is 2.52 bits per heavy atom. The van der Waals surface area contributed by atoms with Gasteiger partial charge in [0.05, 0.1) is 5.92 Å². The normalized spacial score (nSPS) is 19.6. The van der Waals surface area contributed by atoms with Crippen molar-refractivity contribution >= 4 is 22.8 Å². The molecule has 0 spiro atoms. The molecule has 2 unspecified atom stereocenters. The third-order valence-electron chi connectivity index (χ3n) is 5.47. The van der Waals surface area contributed by atoms with E-state index in [1.54, 1.807) is 4.90 Å². The van der Waals surface area contributed by atoms with E-state index < -0.39 is 11.9 Å². The van der Waals surface area contributed by atoms with Crippen molar-refractivity contribution in [2.75, 3.05) is 13.1 Å². The van der Waals surface area contributed by atoms with E-state index in [1.165, 1.54) is 0 Å². The standard InChI is InChI=1S/C22H22N2O3/c1-13-8-14(2)16-10-20(23-19(16)9-13)21(25)24-11-17(18(12-24)22(26)27)15-6-4-3-5-7-15/h3-10,17-18,23H,11-12H2,1-2H3,(H,26,27). The van der Waals surface area contributed by atoms with Crippen molar-refractivity contribution in [1.82, 2.24) is 9.88 Å². The zero-order chi connectivity index (χ0) is 19.1. The predicted molar refractivity (Wildman–Crippen MR) is 104 cm³/mol. The van der Waals surface area contributed by atoms with Gasteiger partial charge in [-0.15, -0.1) is 0 Å². The van der Waals surface area contributed by atoms with Crippen LogP contribution < -0.4 is 0 Å². The van der Waals surface area contributed by atoms with Gasteiger partial charge in [-0.2, -0.15) is 0 Å². The topological polar surface area (TPSA) is 73.4 Å². The molecule has 1 amide bonds. The number of nitrogens with zero attached hydrogens (tertiary/aromatic N) is 1. The fraction of sp³-hybridized carbons (Fsp3) is 0.273. The molecule has 2 N–H and O–H groups in total. The maximum atomic E-state index is 13.1. The Hall–Kier alpha value is -3.08. The molecule has 27 heavy (non-hydrogen) atoms. The maximum Gasteiger partial charge on any atom is 0.308 e. The molecule has 1 aliphatic rings. The number of H-pyrrole nitrogens is 1. The summed E-state index contributed by atoms with van der Waals surface area (Å²) in [6.45, 7) is 4.69. The number of hydrogen-bond donors (Lipinski definition) is 2. The van der Waals surface area contributed by atoms with E-state index in [1.807, 2.05) is 56.3 Å². The first-order valence-electron chi connectivity index (χ1n) is 9.11. The molecule has 138 valence electrons. The molecule has 3 aromatic rings. The van der Waals surface area contributed by atoms with Gasteiger partial charge in [-0.1, -0.05) is 36.4 Å². The van der Waals surface area contributed by atoms with Crippen LogP contribution in [0.2, 0.25) is 0 Å². The zero-order valence-electron chi connectivity index (χ0n) is 15.4. The molecule has 5 nitrogen and oxygen atoms in total. The third kappa shape index (κ3) is 3.10. The molecule has 1 aromatic heterocycles. The molecular weight excluding hydrogens is 340 g/mol. The van der Waals surface area contributed by atoms with Crippen molar-refractivity contribution in [3.63, 3.8) is 0 Å². The molecule has 1 aliphatic heterocycles. The average molecular weight is 362 g/mol. The molecule has 0 radical (unpaired) electrons. The Kier molecular flexibility index (Phi) is 4.22. The van der Waals surface area contributed by atoms with Crippen LogP contribution in [-0.4, -0.2) is 40.0 Å². The van der Waals surface area contributed by atoms with E-state index in [0.29, 0.717) is 12.2 Å². The van der Waals surface area contributed by atoms with Gasteiger partial charge < -0.3 is 15.0 Å². The number of carbonyl (C=O) groups excluding carboxylic acids is 1. The number of aryl methyl sites for hydroxylation is 2. The number of carbonyl (C=O) groups is 2. The van der Waals surface area contributed by atoms with Gasteiger partial charge in [0.15, 0.2) is 0 Å². The number of carboxylic acid groups (broad SMARTS) is 1. The third-order valence-corrected chi connectivity index (χ3v) is 5.47. The van der Waals surface area contributed by atoms with E-state index >= 15 is 0 Å². The van der Waals surface area contributed by atoms with Crippen molar-refractivity contribution in [1.29, 1.82) is 0 Å². The smallest absolute Gasteiger partial charge is 0.308 e. The first-order chi connectivity index (χ1) is 12.9. The summed E-state index contributed by atoms with van der Waals surface area (Å²) in [5, 5.41) is 10.7. The molecule has 0 saturated carbocycles. The molecule has 2 aromatic carbocycles. The fourth-order valence-electron chi connectivity index (χ4n) is 4.14. The number of aromatic amines is 1. The Bertz CT molecular complexity index is 1020. The number of aromatic nitrogens is 1. The van der Waals surface area contributed by atoms with Crippen molar-refractivity contribution in [2.45, 2.75) is 19.8 Å². The number of aliphatic carboxylic acids is 1. The van der Waals surface area contributed by atoms with E-state index in [0.717, 1.165) is 27.6 Å². The van der Waals surface area contributed by atoms with E-state index in [-0.39, 0.29) is 18.4 Å². The van der Waals surface area contributed by atoms with Gasteiger partial charge in [0.2, 0.25) is 0 Å². The van der Waals surface area contributed by atoms with Crippen LogP contribution in [0.5, 0.6) is 0 Å². The van der Waals surface area contributed by atoms with Gasteiger partial charge in [-0.3, -0.25) is 9.59 Å². The number of likely N-dealkylation sites (tertiary alicyclic amines) is 1. The van der Waals surface area contributed by atoms with Crippen LogP contribution in [0.25, 0.3) is 10.9 Å². The number of rotatable bonds is 3. The summed E-state index contributed by atoms with van der Waals surface area (Å²) in [5.74, 6) is -1.79. The lowest BCUT2D eigenvalue weighted by Gasteiger charge is -2.15. The summed E-state index contributed by atoms with van der Waals surface area (Å²) < 4.78 is 0. The van der Waals surface area contributed by atoms with Crippen molar-refractivity contribution in [3.8, 4) is 0 Å². The largest absolute Gasteiger partial charge is 0.481 e. The first-order valence-corrected chi connectivity index (χ1v) is 9.11. The zero-order valence-corrected chi connectivity index (χ0v) is 15.4. The molecule has 1 saturated heterocycles. The number of nitrogens with one attached hydrogen (secondary N) is 1. The van der Waals surface area contributed by atoms with Crippen LogP contribution >= 0.6 is 0 Å². The SMILES string of the molecule is Cc1cc(C)c2cc(C(=O)N3CC(C(=O)O)C(c4ccccc4)C3)[nH]c2c1. The summed E-state index contributed by atoms with van der Waals surface area (Å²) in [7, 11) is 0. The van der Waals surface area contributed by atoms with E-state index in [9.17, 15) is 14.7 Å². The summed E-state index contributed by atoms with van der Waals surface area (Å²) in [6.07, 6.45) is 0. The van der Waals surface area contributed by atoms with Gasteiger partial charge in [-0.05, 0) is 42.7 Å². The van der Waals surface area contributed by atoms with Gasteiger partial charge >= 0.3 is 5.97 Å². The Morgan fingerprint density at radius 1 is 1.07 bits per heavy atom. The van der Waals surface area contributed by atoms with Crippen LogP contribution in [0.3, 0.4) is 0 Å². The highest BCUT2D eigenvalue weighted by Gasteiger charge is 2.40. The molecule has 0 bridgehead atoms. The van der Waals surface area contributed by atoms with Gasteiger partial charge in [0.25, 0.3) is 5.91 Å². The average Bonchev–Trinajstić information content (AvgIpc) is 3.26. The minimum atomic E-state index is -0.859. The molecule has 2 atom stereocenters.